The van der Waals surface area contributed by atoms with Crippen LogP contribution in [0.4, 0.5) is 0 Å². The summed E-state index contributed by atoms with van der Waals surface area (Å²) in [6, 6.07) is -0.741. The third-order valence-electron chi connectivity index (χ3n) is 2.45. The van der Waals surface area contributed by atoms with Gasteiger partial charge in [0.2, 0.25) is 0 Å². The molecule has 0 aliphatic carbocycles. The summed E-state index contributed by atoms with van der Waals surface area (Å²) in [5.74, 6) is 0.212. The van der Waals surface area contributed by atoms with Gasteiger partial charge < -0.3 is 23.4 Å². The Kier molecular flexibility index (Phi) is 9.14. The van der Waals surface area contributed by atoms with Crippen LogP contribution >= 0.6 is 11.8 Å². The Hall–Kier alpha value is -0.123. The Bertz CT molecular complexity index is 385. The number of nitrogens with two attached hydrogens (primary N) is 1. The fourth-order valence-electron chi connectivity index (χ4n) is 1.81. The highest BCUT2D eigenvalue weighted by molar-refractivity contribution is 7.98. The molecule has 8 heteroatoms. The van der Waals surface area contributed by atoms with Gasteiger partial charge in [-0.05, 0) is 80.7 Å². The Balaban J connectivity index is 5.68. The molecule has 0 aromatic carbocycles. The molecule has 0 saturated carbocycles. The summed E-state index contributed by atoms with van der Waals surface area (Å²) < 4.78 is 24.0. The van der Waals surface area contributed by atoms with E-state index in [0.29, 0.717) is 6.42 Å². The predicted molar refractivity (Wildman–Crippen MR) is 105 cm³/mol. The molecule has 0 unspecified atom stereocenters. The average molecular weight is 396 g/mol. The molecule has 0 fully saturated rings. The van der Waals surface area contributed by atoms with Crippen molar-refractivity contribution in [3.8, 4) is 0 Å². The molecule has 2 N–H and O–H groups in total. The van der Waals surface area contributed by atoms with Gasteiger partial charge in [-0.1, -0.05) is 0 Å². The van der Waals surface area contributed by atoms with Crippen LogP contribution in [0.3, 0.4) is 0 Å². The first-order valence-corrected chi connectivity index (χ1v) is 11.6. The Morgan fingerprint density at radius 1 is 0.920 bits per heavy atom. The number of hydrogen-bond acceptors (Lipinski definition) is 7. The van der Waals surface area contributed by atoms with E-state index in [9.17, 15) is 4.79 Å². The van der Waals surface area contributed by atoms with Gasteiger partial charge in [-0.3, -0.25) is 4.79 Å². The second kappa shape index (κ2) is 9.19. The third-order valence-corrected chi connectivity index (χ3v) is 6.14. The van der Waals surface area contributed by atoms with Gasteiger partial charge in [0, 0.05) is 0 Å². The highest BCUT2D eigenvalue weighted by Crippen LogP contribution is 2.30. The molecule has 0 aromatic rings. The molecule has 0 bridgehead atoms. The van der Waals surface area contributed by atoms with Crippen molar-refractivity contribution < 1.29 is 22.5 Å². The monoisotopic (exact) mass is 395 g/mol. The fourth-order valence-corrected chi connectivity index (χ4v) is 5.20. The molecule has 25 heavy (non-hydrogen) atoms. The van der Waals surface area contributed by atoms with Gasteiger partial charge in [-0.15, -0.1) is 0 Å². The Morgan fingerprint density at radius 2 is 1.28 bits per heavy atom. The van der Waals surface area contributed by atoms with Gasteiger partial charge in [0.1, 0.15) is 6.04 Å². The van der Waals surface area contributed by atoms with Crippen molar-refractivity contribution >= 4 is 26.8 Å². The average Bonchev–Trinajstić information content (AvgIpc) is 2.28. The molecular weight excluding hydrogens is 358 g/mol. The Labute approximate surface area is 159 Å². The zero-order chi connectivity index (χ0) is 20.1. The third kappa shape index (κ3) is 12.0. The molecule has 0 radical (unpaired) electrons. The lowest BCUT2D eigenvalue weighted by Crippen LogP contribution is -2.61. The molecule has 6 nitrogen and oxygen atoms in total. The maximum atomic E-state index is 12.6. The first-order valence-electron chi connectivity index (χ1n) is 8.56. The molecule has 0 amide bonds. The minimum absolute atomic E-state index is 0.519. The van der Waals surface area contributed by atoms with E-state index in [1.807, 2.05) is 68.6 Å². The normalized spacial score (nSPS) is 15.2. The van der Waals surface area contributed by atoms with Crippen molar-refractivity contribution in [2.75, 3.05) is 12.0 Å². The van der Waals surface area contributed by atoms with Crippen molar-refractivity contribution in [3.63, 3.8) is 0 Å². The van der Waals surface area contributed by atoms with Crippen molar-refractivity contribution in [3.05, 3.63) is 0 Å². The first-order chi connectivity index (χ1) is 11.0. The molecule has 0 heterocycles. The summed E-state index contributed by atoms with van der Waals surface area (Å²) in [4.78, 5) is 12.6. The molecular formula is C17H37NO5SSi. The van der Waals surface area contributed by atoms with Crippen molar-refractivity contribution in [2.24, 2.45) is 5.73 Å². The Morgan fingerprint density at radius 3 is 1.56 bits per heavy atom. The van der Waals surface area contributed by atoms with Gasteiger partial charge in [-0.25, -0.2) is 0 Å². The van der Waals surface area contributed by atoms with E-state index in [1.54, 1.807) is 11.8 Å². The topological polar surface area (TPSA) is 80.0 Å². The zero-order valence-electron chi connectivity index (χ0n) is 17.5. The molecule has 1 atom stereocenters. The van der Waals surface area contributed by atoms with E-state index in [2.05, 4.69) is 0 Å². The second-order valence-corrected chi connectivity index (χ2v) is 11.8. The van der Waals surface area contributed by atoms with Gasteiger partial charge in [-0.2, -0.15) is 11.8 Å². The summed E-state index contributed by atoms with van der Waals surface area (Å²) in [6.45, 7) is 16.8. The SMILES string of the molecule is CSCC[C@H](N)C(=O)O[Si](OC(C)(C)C)(OC(C)(C)C)OC(C)(C)C. The number of rotatable bonds is 8. The van der Waals surface area contributed by atoms with E-state index < -0.39 is 37.9 Å². The minimum Gasteiger partial charge on any atom is -0.451 e. The lowest BCUT2D eigenvalue weighted by Gasteiger charge is -2.40. The van der Waals surface area contributed by atoms with Gasteiger partial charge in [0.05, 0.1) is 16.8 Å². The van der Waals surface area contributed by atoms with Crippen LogP contribution in [0.15, 0.2) is 0 Å². The minimum atomic E-state index is -3.80. The van der Waals surface area contributed by atoms with Gasteiger partial charge in [0.25, 0.3) is 0 Å². The molecule has 0 aromatic heterocycles. The van der Waals surface area contributed by atoms with Crippen LogP contribution < -0.4 is 5.73 Å². The fraction of sp³-hybridized carbons (Fsp3) is 0.941. The van der Waals surface area contributed by atoms with E-state index in [-0.39, 0.29) is 0 Å². The largest absolute Gasteiger partial charge is 0.752 e. The highest BCUT2D eigenvalue weighted by Gasteiger charge is 2.58. The number of thioether (sulfide) groups is 1. The van der Waals surface area contributed by atoms with E-state index in [1.165, 1.54) is 0 Å². The number of carbonyl (C=O) groups excluding carboxylic acids is 1. The van der Waals surface area contributed by atoms with Crippen molar-refractivity contribution in [1.29, 1.82) is 0 Å². The van der Waals surface area contributed by atoms with Crippen LogP contribution in [0.25, 0.3) is 0 Å². The van der Waals surface area contributed by atoms with E-state index in [0.717, 1.165) is 5.75 Å². The summed E-state index contributed by atoms with van der Waals surface area (Å²) >= 11 is 1.63. The molecule has 0 rings (SSSR count). The zero-order valence-corrected chi connectivity index (χ0v) is 19.3. The number of hydrogen-bond donors (Lipinski definition) is 1. The smallest absolute Gasteiger partial charge is 0.451 e. The lowest BCUT2D eigenvalue weighted by atomic mass is 10.2. The molecule has 0 spiro atoms. The van der Waals surface area contributed by atoms with Crippen LogP contribution in [0.2, 0.25) is 0 Å². The summed E-state index contributed by atoms with van der Waals surface area (Å²) in [5.41, 5.74) is 4.11. The number of carbonyl (C=O) groups is 1. The van der Waals surface area contributed by atoms with Crippen LogP contribution in [0, 0.1) is 0 Å². The highest BCUT2D eigenvalue weighted by atomic mass is 32.2. The first kappa shape index (κ1) is 24.9. The summed E-state index contributed by atoms with van der Waals surface area (Å²) in [6.07, 6.45) is 2.48. The molecule has 150 valence electrons. The molecule has 0 saturated heterocycles. The van der Waals surface area contributed by atoms with E-state index in [4.69, 9.17) is 23.4 Å². The van der Waals surface area contributed by atoms with Gasteiger partial charge >= 0.3 is 15.0 Å². The molecule has 0 aliphatic heterocycles. The maximum absolute atomic E-state index is 12.6. The van der Waals surface area contributed by atoms with Crippen molar-refractivity contribution in [2.45, 2.75) is 91.6 Å². The van der Waals surface area contributed by atoms with Gasteiger partial charge in [0.15, 0.2) is 0 Å². The maximum Gasteiger partial charge on any atom is 0.752 e. The second-order valence-electron chi connectivity index (χ2n) is 8.95. The van der Waals surface area contributed by atoms with Crippen molar-refractivity contribution in [1.82, 2.24) is 0 Å². The summed E-state index contributed by atoms with van der Waals surface area (Å²) in [5, 5.41) is 0. The quantitative estimate of drug-likeness (QED) is 0.630. The van der Waals surface area contributed by atoms with Crippen LogP contribution in [-0.4, -0.2) is 49.9 Å². The standard InChI is InChI=1S/C17H37NO5SSi/c1-15(2,3)21-25(22-16(4,5)6,23-17(7,8)9)20-14(19)13(18)11-12-24-10/h13H,11-12,18H2,1-10H3/t13-/m0/s1. The summed E-state index contributed by atoms with van der Waals surface area (Å²) in [7, 11) is -3.80. The van der Waals surface area contributed by atoms with E-state index >= 15 is 0 Å². The predicted octanol–water partition coefficient (Wildman–Crippen LogP) is 3.49. The van der Waals surface area contributed by atoms with Crippen LogP contribution in [0.1, 0.15) is 68.7 Å². The van der Waals surface area contributed by atoms with Crippen LogP contribution in [-0.2, 0) is 22.5 Å². The lowest BCUT2D eigenvalue weighted by molar-refractivity contribution is -0.163. The molecule has 0 aliphatic rings. The van der Waals surface area contributed by atoms with Crippen LogP contribution in [0.5, 0.6) is 0 Å².